The van der Waals surface area contributed by atoms with E-state index in [-0.39, 0.29) is 23.9 Å². The lowest BCUT2D eigenvalue weighted by atomic mass is 10.1. The van der Waals surface area contributed by atoms with Crippen molar-refractivity contribution < 1.29 is 14.7 Å². The van der Waals surface area contributed by atoms with E-state index in [4.69, 9.17) is 16.2 Å². The molecule has 3 aromatic carbocycles. The summed E-state index contributed by atoms with van der Waals surface area (Å²) in [6.45, 7) is 0.0874. The minimum atomic E-state index is -1.02. The van der Waals surface area contributed by atoms with E-state index >= 15 is 0 Å². The number of nitrogen functional groups attached to an aromatic ring is 1. The lowest BCUT2D eigenvalue weighted by Crippen LogP contribution is -2.18. The van der Waals surface area contributed by atoms with Crippen LogP contribution in [-0.4, -0.2) is 27.4 Å². The molecular formula is C22H22N6O3. The predicted molar refractivity (Wildman–Crippen MR) is 121 cm³/mol. The van der Waals surface area contributed by atoms with Gasteiger partial charge in [0.15, 0.2) is 0 Å². The highest BCUT2D eigenvalue weighted by atomic mass is 16.4. The standard InChI is InChI=1S/C22H18N4O3.H4N2/c23-21(24)14-7-10-19-17(11-14)16-3-1-2-4-18(16)26(19)12-20(27)25-15-8-5-13(6-9-15)22(28)29;1-2/h1-11H,12H2,(H3,23,24)(H,25,27)(H,28,29);1-2H2. The molecule has 0 saturated carbocycles. The summed E-state index contributed by atoms with van der Waals surface area (Å²) in [5.74, 6) is 6.75. The molecule has 0 fully saturated rings. The number of benzene rings is 3. The molecule has 0 aliphatic heterocycles. The zero-order chi connectivity index (χ0) is 22.5. The number of hydrogen-bond acceptors (Lipinski definition) is 5. The molecule has 0 radical (unpaired) electrons. The van der Waals surface area contributed by atoms with E-state index < -0.39 is 5.97 Å². The van der Waals surface area contributed by atoms with Gasteiger partial charge in [0.2, 0.25) is 5.91 Å². The number of para-hydroxylation sites is 1. The van der Waals surface area contributed by atoms with Gasteiger partial charge in [0, 0.05) is 33.1 Å². The molecule has 0 saturated heterocycles. The van der Waals surface area contributed by atoms with Crippen molar-refractivity contribution in [2.75, 3.05) is 5.32 Å². The van der Waals surface area contributed by atoms with Gasteiger partial charge in [-0.3, -0.25) is 21.9 Å². The highest BCUT2D eigenvalue weighted by Crippen LogP contribution is 2.29. The number of amides is 1. The molecule has 0 aliphatic carbocycles. The second-order valence-corrected chi connectivity index (χ2v) is 6.68. The van der Waals surface area contributed by atoms with Crippen molar-refractivity contribution in [1.29, 1.82) is 5.41 Å². The fourth-order valence-corrected chi connectivity index (χ4v) is 3.43. The van der Waals surface area contributed by atoms with Crippen molar-refractivity contribution in [2.24, 2.45) is 17.4 Å². The third-order valence-electron chi connectivity index (χ3n) is 4.80. The topological polar surface area (TPSA) is 173 Å². The van der Waals surface area contributed by atoms with E-state index in [1.165, 1.54) is 12.1 Å². The minimum Gasteiger partial charge on any atom is -0.478 e. The highest BCUT2D eigenvalue weighted by Gasteiger charge is 2.14. The van der Waals surface area contributed by atoms with E-state index in [2.05, 4.69) is 17.0 Å². The van der Waals surface area contributed by atoms with Crippen LogP contribution in [0.4, 0.5) is 5.69 Å². The van der Waals surface area contributed by atoms with E-state index in [0.29, 0.717) is 11.3 Å². The maximum absolute atomic E-state index is 12.7. The average Bonchev–Trinajstić information content (AvgIpc) is 3.08. The fraction of sp³-hybridized carbons (Fsp3) is 0.0455. The van der Waals surface area contributed by atoms with Gasteiger partial charge in [0.05, 0.1) is 5.56 Å². The van der Waals surface area contributed by atoms with Crippen molar-refractivity contribution in [1.82, 2.24) is 4.57 Å². The Morgan fingerprint density at radius 1 is 0.903 bits per heavy atom. The van der Waals surface area contributed by atoms with Gasteiger partial charge in [-0.25, -0.2) is 4.79 Å². The number of hydrogen-bond donors (Lipinski definition) is 6. The summed E-state index contributed by atoms with van der Waals surface area (Å²) in [6, 6.07) is 19.3. The Balaban J connectivity index is 0.00000132. The molecule has 1 amide bonds. The highest BCUT2D eigenvalue weighted by molar-refractivity contribution is 6.11. The van der Waals surface area contributed by atoms with Crippen molar-refractivity contribution in [3.05, 3.63) is 77.9 Å². The van der Waals surface area contributed by atoms with Crippen molar-refractivity contribution in [2.45, 2.75) is 6.54 Å². The second-order valence-electron chi connectivity index (χ2n) is 6.68. The molecule has 4 rings (SSSR count). The molecule has 4 aromatic rings. The van der Waals surface area contributed by atoms with Gasteiger partial charge in [-0.1, -0.05) is 18.2 Å². The Bertz CT molecular complexity index is 1280. The number of carboxylic acid groups (broad SMARTS) is 1. The number of nitrogens with one attached hydrogen (secondary N) is 2. The van der Waals surface area contributed by atoms with Gasteiger partial charge in [0.25, 0.3) is 0 Å². The second kappa shape index (κ2) is 9.08. The average molecular weight is 418 g/mol. The van der Waals surface area contributed by atoms with Crippen molar-refractivity contribution >= 4 is 45.2 Å². The number of carbonyl (C=O) groups excluding carboxylic acids is 1. The SMILES string of the molecule is N=C(N)c1ccc2c(c1)c1ccccc1n2CC(=O)Nc1ccc(C(=O)O)cc1.NN. The number of fused-ring (bicyclic) bond motifs is 3. The Morgan fingerprint density at radius 3 is 2.16 bits per heavy atom. The largest absolute Gasteiger partial charge is 0.478 e. The Labute approximate surface area is 177 Å². The predicted octanol–water partition coefficient (Wildman–Crippen LogP) is 2.23. The Kier molecular flexibility index (Phi) is 6.29. The molecule has 0 bridgehead atoms. The molecule has 31 heavy (non-hydrogen) atoms. The number of carbonyl (C=O) groups is 2. The molecule has 1 aromatic heterocycles. The van der Waals surface area contributed by atoms with E-state index in [1.807, 2.05) is 41.0 Å². The first-order chi connectivity index (χ1) is 14.9. The number of carboxylic acids is 1. The van der Waals surface area contributed by atoms with Crippen LogP contribution < -0.4 is 22.7 Å². The Hall–Kier alpha value is -4.21. The molecule has 158 valence electrons. The van der Waals surface area contributed by atoms with Gasteiger partial charge in [-0.05, 0) is 48.5 Å². The zero-order valence-corrected chi connectivity index (χ0v) is 16.5. The lowest BCUT2D eigenvalue weighted by molar-refractivity contribution is -0.116. The van der Waals surface area contributed by atoms with Gasteiger partial charge in [-0.15, -0.1) is 0 Å². The van der Waals surface area contributed by atoms with Crippen LogP contribution in [0.15, 0.2) is 66.7 Å². The first-order valence-electron chi connectivity index (χ1n) is 9.26. The number of nitrogens with zero attached hydrogens (tertiary/aromatic N) is 1. The summed E-state index contributed by atoms with van der Waals surface area (Å²) in [5.41, 5.74) is 8.71. The summed E-state index contributed by atoms with van der Waals surface area (Å²) in [4.78, 5) is 23.6. The summed E-state index contributed by atoms with van der Waals surface area (Å²) in [6.07, 6.45) is 0. The van der Waals surface area contributed by atoms with Gasteiger partial charge < -0.3 is 20.7 Å². The number of anilines is 1. The molecule has 9 heteroatoms. The summed E-state index contributed by atoms with van der Waals surface area (Å²) < 4.78 is 1.91. The minimum absolute atomic E-state index is 0.00807. The first kappa shape index (κ1) is 21.5. The third-order valence-corrected chi connectivity index (χ3v) is 4.80. The number of amidine groups is 1. The third kappa shape index (κ3) is 4.37. The number of aromatic nitrogens is 1. The number of nitrogens with two attached hydrogens (primary N) is 3. The summed E-state index contributed by atoms with van der Waals surface area (Å²) >= 11 is 0. The molecule has 1 heterocycles. The first-order valence-corrected chi connectivity index (χ1v) is 9.26. The van der Waals surface area contributed by atoms with E-state index in [1.54, 1.807) is 18.2 Å². The van der Waals surface area contributed by atoms with E-state index in [9.17, 15) is 9.59 Å². The van der Waals surface area contributed by atoms with Crippen LogP contribution in [0.3, 0.4) is 0 Å². The summed E-state index contributed by atoms with van der Waals surface area (Å²) in [5, 5.41) is 21.3. The van der Waals surface area contributed by atoms with E-state index in [0.717, 1.165) is 21.8 Å². The van der Waals surface area contributed by atoms with Crippen LogP contribution in [0.1, 0.15) is 15.9 Å². The molecule has 0 atom stereocenters. The van der Waals surface area contributed by atoms with Crippen molar-refractivity contribution in [3.63, 3.8) is 0 Å². The molecule has 0 unspecified atom stereocenters. The molecular weight excluding hydrogens is 396 g/mol. The lowest BCUT2D eigenvalue weighted by Gasteiger charge is -2.09. The summed E-state index contributed by atoms with van der Waals surface area (Å²) in [7, 11) is 0. The van der Waals surface area contributed by atoms with Crippen LogP contribution >= 0.6 is 0 Å². The van der Waals surface area contributed by atoms with Gasteiger partial charge in [0.1, 0.15) is 12.4 Å². The number of hydrazine groups is 1. The van der Waals surface area contributed by atoms with Crippen LogP contribution in [0, 0.1) is 5.41 Å². The van der Waals surface area contributed by atoms with Crippen molar-refractivity contribution in [3.8, 4) is 0 Å². The molecule has 9 N–H and O–H groups in total. The molecule has 0 spiro atoms. The maximum atomic E-state index is 12.7. The van der Waals surface area contributed by atoms with Gasteiger partial charge >= 0.3 is 5.97 Å². The maximum Gasteiger partial charge on any atom is 0.335 e. The smallest absolute Gasteiger partial charge is 0.335 e. The normalized spacial score (nSPS) is 10.4. The number of aromatic carboxylic acids is 1. The molecule has 9 nitrogen and oxygen atoms in total. The molecule has 0 aliphatic rings. The monoisotopic (exact) mass is 418 g/mol. The Morgan fingerprint density at radius 2 is 1.52 bits per heavy atom. The number of rotatable bonds is 5. The van der Waals surface area contributed by atoms with Crippen LogP contribution in [0.2, 0.25) is 0 Å². The quantitative estimate of drug-likeness (QED) is 0.125. The zero-order valence-electron chi connectivity index (χ0n) is 16.5. The fourth-order valence-electron chi connectivity index (χ4n) is 3.43. The van der Waals surface area contributed by atoms with Crippen LogP contribution in [-0.2, 0) is 11.3 Å². The van der Waals surface area contributed by atoms with Gasteiger partial charge in [-0.2, -0.15) is 0 Å². The van der Waals surface area contributed by atoms with Crippen LogP contribution in [0.5, 0.6) is 0 Å². The van der Waals surface area contributed by atoms with Crippen LogP contribution in [0.25, 0.3) is 21.8 Å².